The SMILES string of the molecule is CCc1cc2nc(C3CC3c3nc4c(C)ncc(C)n4n3)c(C)n2cc1F. The van der Waals surface area contributed by atoms with Gasteiger partial charge in [-0.1, -0.05) is 6.92 Å². The van der Waals surface area contributed by atoms with Gasteiger partial charge in [0.1, 0.15) is 11.5 Å². The van der Waals surface area contributed by atoms with E-state index < -0.39 is 0 Å². The largest absolute Gasteiger partial charge is 0.301 e. The maximum Gasteiger partial charge on any atom is 0.177 e. The molecule has 0 radical (unpaired) electrons. The molecule has 2 unspecified atom stereocenters. The second-order valence-electron chi connectivity index (χ2n) is 7.45. The number of hydrogen-bond donors (Lipinski definition) is 0. The second-order valence-corrected chi connectivity index (χ2v) is 7.45. The molecule has 1 fully saturated rings. The van der Waals surface area contributed by atoms with Gasteiger partial charge in [0, 0.05) is 29.9 Å². The molecule has 7 heteroatoms. The van der Waals surface area contributed by atoms with Crippen LogP contribution in [-0.2, 0) is 6.42 Å². The van der Waals surface area contributed by atoms with Crippen LogP contribution in [0.4, 0.5) is 4.39 Å². The fourth-order valence-electron chi connectivity index (χ4n) is 3.91. The smallest absolute Gasteiger partial charge is 0.177 e. The number of imidazole rings is 1. The Morgan fingerprint density at radius 2 is 2.00 bits per heavy atom. The second kappa shape index (κ2) is 5.58. The predicted octanol–water partition coefficient (Wildman–Crippen LogP) is 3.67. The van der Waals surface area contributed by atoms with Gasteiger partial charge in [-0.15, -0.1) is 0 Å². The minimum absolute atomic E-state index is 0.176. The molecule has 2 atom stereocenters. The van der Waals surface area contributed by atoms with Crippen LogP contribution >= 0.6 is 0 Å². The first-order valence-electron chi connectivity index (χ1n) is 9.33. The number of nitrogens with zero attached hydrogens (tertiary/aromatic N) is 6. The number of fused-ring (bicyclic) bond motifs is 2. The van der Waals surface area contributed by atoms with E-state index in [0.717, 1.165) is 46.3 Å². The molecule has 6 nitrogen and oxygen atoms in total. The molecular weight excluding hydrogens is 343 g/mol. The van der Waals surface area contributed by atoms with Crippen LogP contribution < -0.4 is 0 Å². The summed E-state index contributed by atoms with van der Waals surface area (Å²) in [5, 5.41) is 4.71. The van der Waals surface area contributed by atoms with E-state index in [1.807, 2.05) is 48.9 Å². The molecule has 0 bridgehead atoms. The maximum absolute atomic E-state index is 14.2. The highest BCUT2D eigenvalue weighted by atomic mass is 19.1. The average molecular weight is 364 g/mol. The molecule has 4 aromatic heterocycles. The van der Waals surface area contributed by atoms with Crippen molar-refractivity contribution in [3.63, 3.8) is 0 Å². The number of rotatable bonds is 3. The lowest BCUT2D eigenvalue weighted by atomic mass is 10.2. The Balaban J connectivity index is 1.54. The van der Waals surface area contributed by atoms with Crippen molar-refractivity contribution in [3.05, 3.63) is 58.4 Å². The average Bonchev–Trinajstić information content (AvgIpc) is 3.20. The van der Waals surface area contributed by atoms with Crippen molar-refractivity contribution in [2.75, 3.05) is 0 Å². The van der Waals surface area contributed by atoms with E-state index in [4.69, 9.17) is 15.1 Å². The van der Waals surface area contributed by atoms with Gasteiger partial charge in [0.25, 0.3) is 0 Å². The Morgan fingerprint density at radius 3 is 2.74 bits per heavy atom. The van der Waals surface area contributed by atoms with E-state index in [9.17, 15) is 4.39 Å². The van der Waals surface area contributed by atoms with Crippen LogP contribution in [0.1, 0.15) is 59.3 Å². The van der Waals surface area contributed by atoms with Crippen LogP contribution in [0.2, 0.25) is 0 Å². The quantitative estimate of drug-likeness (QED) is 0.556. The summed E-state index contributed by atoms with van der Waals surface area (Å²) in [7, 11) is 0. The minimum Gasteiger partial charge on any atom is -0.301 e. The van der Waals surface area contributed by atoms with Crippen LogP contribution in [0, 0.1) is 26.6 Å². The summed E-state index contributed by atoms with van der Waals surface area (Å²) in [6.45, 7) is 7.89. The van der Waals surface area contributed by atoms with Crippen molar-refractivity contribution in [3.8, 4) is 0 Å². The number of pyridine rings is 1. The highest BCUT2D eigenvalue weighted by Gasteiger charge is 2.45. The summed E-state index contributed by atoms with van der Waals surface area (Å²) in [4.78, 5) is 13.9. The lowest BCUT2D eigenvalue weighted by molar-refractivity contribution is 0.603. The molecule has 1 aliphatic carbocycles. The van der Waals surface area contributed by atoms with Crippen molar-refractivity contribution in [2.24, 2.45) is 0 Å². The van der Waals surface area contributed by atoms with E-state index in [-0.39, 0.29) is 17.7 Å². The normalized spacial score (nSPS) is 19.3. The van der Waals surface area contributed by atoms with Gasteiger partial charge >= 0.3 is 0 Å². The van der Waals surface area contributed by atoms with Gasteiger partial charge in [0.2, 0.25) is 0 Å². The van der Waals surface area contributed by atoms with Gasteiger partial charge in [0.15, 0.2) is 11.5 Å². The Bertz CT molecular complexity index is 1170. The molecule has 1 saturated carbocycles. The summed E-state index contributed by atoms with van der Waals surface area (Å²) in [6.07, 6.45) is 5.00. The van der Waals surface area contributed by atoms with E-state index >= 15 is 0 Å². The summed E-state index contributed by atoms with van der Waals surface area (Å²) < 4.78 is 17.9. The predicted molar refractivity (Wildman–Crippen MR) is 99.6 cm³/mol. The van der Waals surface area contributed by atoms with Gasteiger partial charge in [-0.2, -0.15) is 5.10 Å². The summed E-state index contributed by atoms with van der Waals surface area (Å²) in [5.41, 5.74) is 6.20. The first kappa shape index (κ1) is 16.4. The molecule has 0 amide bonds. The van der Waals surface area contributed by atoms with Crippen molar-refractivity contribution in [1.82, 2.24) is 29.0 Å². The van der Waals surface area contributed by atoms with E-state index in [1.54, 1.807) is 6.20 Å². The molecule has 0 spiro atoms. The summed E-state index contributed by atoms with van der Waals surface area (Å²) in [5.74, 6) is 1.20. The van der Waals surface area contributed by atoms with Crippen LogP contribution in [-0.4, -0.2) is 29.0 Å². The fourth-order valence-corrected chi connectivity index (χ4v) is 3.91. The highest BCUT2D eigenvalue weighted by Crippen LogP contribution is 2.54. The first-order valence-corrected chi connectivity index (χ1v) is 9.33. The molecule has 27 heavy (non-hydrogen) atoms. The Hall–Kier alpha value is -2.83. The van der Waals surface area contributed by atoms with Crippen LogP contribution in [0.15, 0.2) is 18.5 Å². The standard InChI is InChI=1S/C20H21FN6/c1-5-13-6-17-23-18(12(4)26(17)9-16(13)21)14-7-15(14)19-24-20-11(3)22-8-10(2)27(20)25-19/h6,8-9,14-15H,5,7H2,1-4H3. The molecule has 138 valence electrons. The topological polar surface area (TPSA) is 60.4 Å². The van der Waals surface area contributed by atoms with E-state index in [0.29, 0.717) is 12.0 Å². The molecular formula is C20H21FN6. The van der Waals surface area contributed by atoms with Crippen molar-refractivity contribution in [1.29, 1.82) is 0 Å². The van der Waals surface area contributed by atoms with Gasteiger partial charge in [-0.3, -0.25) is 4.98 Å². The van der Waals surface area contributed by atoms with Crippen LogP contribution in [0.5, 0.6) is 0 Å². The first-order chi connectivity index (χ1) is 13.0. The van der Waals surface area contributed by atoms with Crippen molar-refractivity contribution in [2.45, 2.75) is 52.4 Å². The molecule has 0 saturated heterocycles. The minimum atomic E-state index is -0.176. The van der Waals surface area contributed by atoms with Crippen LogP contribution in [0.3, 0.4) is 0 Å². The number of halogens is 1. The van der Waals surface area contributed by atoms with E-state index in [2.05, 4.69) is 4.98 Å². The molecule has 1 aliphatic rings. The summed E-state index contributed by atoms with van der Waals surface area (Å²) in [6, 6.07) is 1.85. The van der Waals surface area contributed by atoms with Gasteiger partial charge in [-0.05, 0) is 45.2 Å². The van der Waals surface area contributed by atoms with Crippen molar-refractivity contribution < 1.29 is 4.39 Å². The highest BCUT2D eigenvalue weighted by molar-refractivity contribution is 5.49. The third-order valence-corrected chi connectivity index (χ3v) is 5.65. The summed E-state index contributed by atoms with van der Waals surface area (Å²) >= 11 is 0. The van der Waals surface area contributed by atoms with Gasteiger partial charge < -0.3 is 4.40 Å². The molecule has 4 aromatic rings. The lowest BCUT2D eigenvalue weighted by Gasteiger charge is -2.02. The van der Waals surface area contributed by atoms with Crippen molar-refractivity contribution >= 4 is 11.3 Å². The zero-order valence-corrected chi connectivity index (χ0v) is 15.9. The maximum atomic E-state index is 14.2. The molecule has 0 N–H and O–H groups in total. The number of aromatic nitrogens is 6. The molecule has 5 rings (SSSR count). The monoisotopic (exact) mass is 364 g/mol. The Morgan fingerprint density at radius 1 is 1.19 bits per heavy atom. The third kappa shape index (κ3) is 2.37. The zero-order valence-electron chi connectivity index (χ0n) is 15.9. The molecule has 0 aliphatic heterocycles. The Kier molecular flexibility index (Phi) is 3.38. The Labute approximate surface area is 156 Å². The molecule has 0 aromatic carbocycles. The van der Waals surface area contributed by atoms with Gasteiger partial charge in [0.05, 0.1) is 17.1 Å². The van der Waals surface area contributed by atoms with Crippen LogP contribution in [0.25, 0.3) is 11.3 Å². The fraction of sp³-hybridized carbons (Fsp3) is 0.400. The number of aryl methyl sites for hydroxylation is 4. The number of hydrogen-bond acceptors (Lipinski definition) is 4. The zero-order chi connectivity index (χ0) is 18.9. The van der Waals surface area contributed by atoms with Gasteiger partial charge in [-0.25, -0.2) is 18.9 Å². The third-order valence-electron chi connectivity index (χ3n) is 5.65. The molecule has 4 heterocycles. The lowest BCUT2D eigenvalue weighted by Crippen LogP contribution is -1.97. The van der Waals surface area contributed by atoms with E-state index in [1.165, 1.54) is 0 Å².